The zero-order chi connectivity index (χ0) is 17.2. The molecule has 0 saturated heterocycles. The van der Waals surface area contributed by atoms with Gasteiger partial charge in [-0.1, -0.05) is 36.4 Å². The Morgan fingerprint density at radius 2 is 2.20 bits per heavy atom. The Morgan fingerprint density at radius 1 is 1.28 bits per heavy atom. The van der Waals surface area contributed by atoms with Crippen molar-refractivity contribution in [3.05, 3.63) is 72.0 Å². The molecule has 124 valence electrons. The molecule has 0 saturated carbocycles. The molecular weight excluding hydrogens is 312 g/mol. The van der Waals surface area contributed by atoms with Crippen molar-refractivity contribution in [2.45, 2.75) is 13.3 Å². The van der Waals surface area contributed by atoms with Crippen molar-refractivity contribution in [1.29, 1.82) is 0 Å². The van der Waals surface area contributed by atoms with E-state index in [1.54, 1.807) is 13.1 Å². The average Bonchev–Trinajstić information content (AvgIpc) is 3.29. The van der Waals surface area contributed by atoms with Crippen LogP contribution in [0.2, 0.25) is 0 Å². The topological polar surface area (TPSA) is 59.3 Å². The maximum Gasteiger partial charge on any atom is 0.159 e. The predicted molar refractivity (Wildman–Crippen MR) is 98.8 cm³/mol. The van der Waals surface area contributed by atoms with Crippen LogP contribution in [-0.2, 0) is 0 Å². The standard InChI is InChI=1S/C20H18N4O/c1-14(25)16-7-4-8-17(11-16)18-13-22-20-10-9-19(23-24(18)20)21-12-15-5-2-3-6-15/h2-5,7-11,13H,6,12H2,1H3,(H,21,23). The van der Waals surface area contributed by atoms with Crippen molar-refractivity contribution < 1.29 is 4.79 Å². The Hall–Kier alpha value is -3.21. The third kappa shape index (κ3) is 3.08. The molecule has 1 aliphatic carbocycles. The highest BCUT2D eigenvalue weighted by molar-refractivity contribution is 5.95. The minimum absolute atomic E-state index is 0.0458. The highest BCUT2D eigenvalue weighted by Crippen LogP contribution is 2.22. The van der Waals surface area contributed by atoms with E-state index in [2.05, 4.69) is 33.6 Å². The van der Waals surface area contributed by atoms with Crippen molar-refractivity contribution in [2.75, 3.05) is 11.9 Å². The molecule has 1 aromatic carbocycles. The number of carbonyl (C=O) groups is 1. The number of nitrogens with zero attached hydrogens (tertiary/aromatic N) is 3. The number of nitrogens with one attached hydrogen (secondary N) is 1. The van der Waals surface area contributed by atoms with E-state index in [1.807, 2.05) is 40.9 Å². The molecule has 0 radical (unpaired) electrons. The van der Waals surface area contributed by atoms with Gasteiger partial charge >= 0.3 is 0 Å². The van der Waals surface area contributed by atoms with Crippen LogP contribution < -0.4 is 5.32 Å². The summed E-state index contributed by atoms with van der Waals surface area (Å²) in [5.74, 6) is 0.840. The number of fused-ring (bicyclic) bond motifs is 1. The van der Waals surface area contributed by atoms with Gasteiger partial charge in [0.1, 0.15) is 5.82 Å². The van der Waals surface area contributed by atoms with Gasteiger partial charge in [0.15, 0.2) is 11.4 Å². The zero-order valence-electron chi connectivity index (χ0n) is 13.9. The summed E-state index contributed by atoms with van der Waals surface area (Å²) in [7, 11) is 0. The fourth-order valence-corrected chi connectivity index (χ4v) is 2.89. The third-order valence-corrected chi connectivity index (χ3v) is 4.27. The first kappa shape index (κ1) is 15.3. The van der Waals surface area contributed by atoms with E-state index in [1.165, 1.54) is 5.57 Å². The molecule has 0 atom stereocenters. The number of imidazole rings is 1. The minimum atomic E-state index is 0.0458. The number of Topliss-reactive ketones (excluding diaryl/α,β-unsaturated/α-hetero) is 1. The van der Waals surface area contributed by atoms with Crippen LogP contribution in [0.1, 0.15) is 23.7 Å². The van der Waals surface area contributed by atoms with Gasteiger partial charge < -0.3 is 5.32 Å². The van der Waals surface area contributed by atoms with Gasteiger partial charge in [0, 0.05) is 17.7 Å². The van der Waals surface area contributed by atoms with E-state index in [-0.39, 0.29) is 5.78 Å². The highest BCUT2D eigenvalue weighted by atomic mass is 16.1. The molecular formula is C20H18N4O. The summed E-state index contributed by atoms with van der Waals surface area (Å²) in [5, 5.41) is 8.01. The summed E-state index contributed by atoms with van der Waals surface area (Å²) < 4.78 is 1.81. The van der Waals surface area contributed by atoms with Crippen LogP contribution in [0.4, 0.5) is 5.82 Å². The fourth-order valence-electron chi connectivity index (χ4n) is 2.89. The number of aromatic nitrogens is 3. The quantitative estimate of drug-likeness (QED) is 0.721. The Balaban J connectivity index is 1.66. The van der Waals surface area contributed by atoms with Crippen LogP contribution in [-0.4, -0.2) is 26.9 Å². The molecule has 0 bridgehead atoms. The first-order valence-corrected chi connectivity index (χ1v) is 8.25. The predicted octanol–water partition coefficient (Wildman–Crippen LogP) is 3.90. The van der Waals surface area contributed by atoms with E-state index in [4.69, 9.17) is 0 Å². The Morgan fingerprint density at radius 3 is 3.00 bits per heavy atom. The lowest BCUT2D eigenvalue weighted by Gasteiger charge is -2.08. The van der Waals surface area contributed by atoms with E-state index in [0.29, 0.717) is 5.56 Å². The number of anilines is 1. The van der Waals surface area contributed by atoms with Crippen molar-refractivity contribution in [3.8, 4) is 11.3 Å². The van der Waals surface area contributed by atoms with Crippen molar-refractivity contribution in [1.82, 2.24) is 14.6 Å². The van der Waals surface area contributed by atoms with Crippen molar-refractivity contribution >= 4 is 17.2 Å². The second-order valence-corrected chi connectivity index (χ2v) is 6.08. The van der Waals surface area contributed by atoms with Crippen LogP contribution in [0, 0.1) is 0 Å². The van der Waals surface area contributed by atoms with Gasteiger partial charge in [-0.3, -0.25) is 4.79 Å². The molecule has 0 aliphatic heterocycles. The van der Waals surface area contributed by atoms with E-state index >= 15 is 0 Å². The van der Waals surface area contributed by atoms with Gasteiger partial charge in [-0.2, -0.15) is 0 Å². The summed E-state index contributed by atoms with van der Waals surface area (Å²) >= 11 is 0. The van der Waals surface area contributed by atoms with Crippen LogP contribution in [0.3, 0.4) is 0 Å². The highest BCUT2D eigenvalue weighted by Gasteiger charge is 2.10. The lowest BCUT2D eigenvalue weighted by molar-refractivity contribution is 0.101. The third-order valence-electron chi connectivity index (χ3n) is 4.27. The SMILES string of the molecule is CC(=O)c1cccc(-c2cnc3ccc(NCC4=CC=CC4)nn23)c1. The van der Waals surface area contributed by atoms with E-state index in [9.17, 15) is 4.79 Å². The Bertz CT molecular complexity index is 1010. The number of hydrogen-bond acceptors (Lipinski definition) is 4. The summed E-state index contributed by atoms with van der Waals surface area (Å²) in [6.45, 7) is 2.34. The molecule has 3 aromatic rings. The van der Waals surface area contributed by atoms with Gasteiger partial charge in [0.25, 0.3) is 0 Å². The lowest BCUT2D eigenvalue weighted by atomic mass is 10.1. The molecule has 0 fully saturated rings. The van der Waals surface area contributed by atoms with Gasteiger partial charge in [0.2, 0.25) is 0 Å². The Kier molecular flexibility index (Phi) is 3.90. The molecule has 2 aromatic heterocycles. The summed E-state index contributed by atoms with van der Waals surface area (Å²) in [6.07, 6.45) is 9.12. The van der Waals surface area contributed by atoms with Gasteiger partial charge in [-0.25, -0.2) is 9.50 Å². The number of hydrogen-bond donors (Lipinski definition) is 1. The lowest BCUT2D eigenvalue weighted by Crippen LogP contribution is -2.07. The molecule has 5 heteroatoms. The maximum atomic E-state index is 11.6. The number of carbonyl (C=O) groups excluding carboxylic acids is 1. The first-order chi connectivity index (χ1) is 12.2. The molecule has 25 heavy (non-hydrogen) atoms. The number of rotatable bonds is 5. The molecule has 5 nitrogen and oxygen atoms in total. The van der Waals surface area contributed by atoms with E-state index < -0.39 is 0 Å². The van der Waals surface area contributed by atoms with Crippen LogP contribution >= 0.6 is 0 Å². The van der Waals surface area contributed by atoms with Gasteiger partial charge in [0.05, 0.1) is 11.9 Å². The monoisotopic (exact) mass is 330 g/mol. The molecule has 0 spiro atoms. The molecule has 1 aliphatic rings. The van der Waals surface area contributed by atoms with Crippen LogP contribution in [0.15, 0.2) is 66.4 Å². The molecule has 1 N–H and O–H groups in total. The average molecular weight is 330 g/mol. The molecule has 0 amide bonds. The summed E-state index contributed by atoms with van der Waals surface area (Å²) in [5.41, 5.74) is 4.58. The Labute approximate surface area is 145 Å². The normalized spacial score (nSPS) is 13.2. The van der Waals surface area contributed by atoms with Crippen LogP contribution in [0.5, 0.6) is 0 Å². The second-order valence-electron chi connectivity index (χ2n) is 6.08. The first-order valence-electron chi connectivity index (χ1n) is 8.25. The fraction of sp³-hybridized carbons (Fsp3) is 0.150. The van der Waals surface area contributed by atoms with E-state index in [0.717, 1.165) is 35.7 Å². The van der Waals surface area contributed by atoms with Crippen LogP contribution in [0.25, 0.3) is 16.9 Å². The number of allylic oxidation sites excluding steroid dienone is 3. The summed E-state index contributed by atoms with van der Waals surface area (Å²) in [6, 6.07) is 11.4. The number of benzene rings is 1. The molecule has 4 rings (SSSR count). The summed E-state index contributed by atoms with van der Waals surface area (Å²) in [4.78, 5) is 16.1. The maximum absolute atomic E-state index is 11.6. The molecule has 2 heterocycles. The smallest absolute Gasteiger partial charge is 0.159 e. The number of ketones is 1. The van der Waals surface area contributed by atoms with Crippen molar-refractivity contribution in [3.63, 3.8) is 0 Å². The van der Waals surface area contributed by atoms with Crippen molar-refractivity contribution in [2.24, 2.45) is 0 Å². The second kappa shape index (κ2) is 6.36. The molecule has 0 unspecified atom stereocenters. The largest absolute Gasteiger partial charge is 0.365 e. The minimum Gasteiger partial charge on any atom is -0.365 e. The van der Waals surface area contributed by atoms with Gasteiger partial charge in [-0.15, -0.1) is 5.10 Å². The van der Waals surface area contributed by atoms with Gasteiger partial charge in [-0.05, 0) is 37.1 Å². The zero-order valence-corrected chi connectivity index (χ0v) is 13.9.